The number of rotatable bonds is 4. The highest BCUT2D eigenvalue weighted by Crippen LogP contribution is 2.34. The Morgan fingerprint density at radius 2 is 2.30 bits per heavy atom. The first kappa shape index (κ1) is 9.79. The predicted molar refractivity (Wildman–Crippen MR) is 30.5 cm³/mol. The zero-order valence-corrected chi connectivity index (χ0v) is 6.19. The summed E-state index contributed by atoms with van der Waals surface area (Å²) in [7, 11) is -7.36. The maximum Gasteiger partial charge on any atom is 0.443 e. The molecule has 0 aromatic heterocycles. The van der Waals surface area contributed by atoms with Crippen molar-refractivity contribution in [3.8, 4) is 0 Å². The molecule has 0 saturated heterocycles. The Balaban J connectivity index is 4.00. The molecule has 0 radical (unpaired) electrons. The van der Waals surface area contributed by atoms with E-state index in [9.17, 15) is 12.3 Å². The van der Waals surface area contributed by atoms with E-state index in [2.05, 4.69) is 14.7 Å². The van der Waals surface area contributed by atoms with Gasteiger partial charge in [-0.15, -0.1) is 4.88 Å². The third-order valence-electron chi connectivity index (χ3n) is 0.361. The minimum Gasteiger partial charge on any atom is -0.265 e. The van der Waals surface area contributed by atoms with Crippen LogP contribution in [0.2, 0.25) is 0 Å². The maximum absolute atomic E-state index is 11.5. The molecule has 1 atom stereocenters. The third kappa shape index (κ3) is 4.65. The molecule has 0 aliphatic rings. The van der Waals surface area contributed by atoms with Gasteiger partial charge >= 0.3 is 10.5 Å². The summed E-state index contributed by atoms with van der Waals surface area (Å²) in [6.07, 6.45) is 0. The van der Waals surface area contributed by atoms with Gasteiger partial charge in [0.25, 0.3) is 8.45 Å². The Morgan fingerprint density at radius 1 is 1.80 bits per heavy atom. The summed E-state index contributed by atoms with van der Waals surface area (Å²) in [6, 6.07) is 0. The van der Waals surface area contributed by atoms with Crippen LogP contribution in [0.5, 0.6) is 0 Å². The summed E-state index contributed by atoms with van der Waals surface area (Å²) >= 11 is 0. The first-order valence-electron chi connectivity index (χ1n) is 1.77. The van der Waals surface area contributed by atoms with E-state index in [1.54, 1.807) is 5.20 Å². The zero-order chi connectivity index (χ0) is 8.20. The van der Waals surface area contributed by atoms with Crippen LogP contribution in [-0.2, 0) is 14.5 Å². The van der Waals surface area contributed by atoms with Gasteiger partial charge in [-0.05, 0) is 0 Å². The second kappa shape index (κ2) is 3.84. The highest BCUT2D eigenvalue weighted by molar-refractivity contribution is 7.86. The molecule has 1 unspecified atom stereocenters. The molecule has 0 aromatic carbocycles. The fraction of sp³-hybridized carbons (Fsp3) is 0. The predicted octanol–water partition coefficient (Wildman–Crippen LogP) is -0.0615. The van der Waals surface area contributed by atoms with Crippen LogP contribution in [0.1, 0.15) is 0 Å². The quantitative estimate of drug-likeness (QED) is 0.188. The fourth-order valence-corrected chi connectivity index (χ4v) is 1.19. The molecule has 0 heterocycles. The number of nitrogens with zero attached hydrogens (tertiary/aromatic N) is 1. The van der Waals surface area contributed by atoms with Crippen LogP contribution in [0, 0.1) is 5.53 Å². The average molecular weight is 190 g/mol. The topological polar surface area (TPSA) is 118 Å². The van der Waals surface area contributed by atoms with Crippen LogP contribution >= 0.6 is 8.45 Å². The van der Waals surface area contributed by atoms with Gasteiger partial charge in [0.2, 0.25) is 0 Å². The molecule has 0 saturated carbocycles. The lowest BCUT2D eigenvalue weighted by Crippen LogP contribution is -2.16. The monoisotopic (exact) mass is 190 g/mol. The summed E-state index contributed by atoms with van der Waals surface area (Å²) in [5, 5.41) is 1.68. The third-order valence-corrected chi connectivity index (χ3v) is 2.04. The summed E-state index contributed by atoms with van der Waals surface area (Å²) < 4.78 is 34.4. The van der Waals surface area contributed by atoms with Gasteiger partial charge in [-0.25, -0.2) is 5.53 Å². The van der Waals surface area contributed by atoms with Crippen LogP contribution in [0.25, 0.3) is 0 Å². The van der Waals surface area contributed by atoms with E-state index in [4.69, 9.17) is 5.53 Å². The van der Waals surface area contributed by atoms with Crippen molar-refractivity contribution in [2.75, 3.05) is 0 Å². The Labute approximate surface area is 57.6 Å². The molecular formula is H4FN4O3PS. The molecule has 0 amide bonds. The van der Waals surface area contributed by atoms with E-state index in [-0.39, 0.29) is 0 Å². The lowest BCUT2D eigenvalue weighted by molar-refractivity contribution is 0.455. The largest absolute Gasteiger partial charge is 0.443 e. The molecule has 10 heavy (non-hydrogen) atoms. The average Bonchev–Trinajstić information content (AvgIpc) is 1.81. The minimum absolute atomic E-state index is 1.68. The molecule has 0 fully saturated rings. The normalized spacial score (nSPS) is 14.6. The summed E-state index contributed by atoms with van der Waals surface area (Å²) in [4.78, 5) is 2.53. The molecule has 4 N–H and O–H groups in total. The minimum atomic E-state index is -5.07. The van der Waals surface area contributed by atoms with Crippen LogP contribution in [0.15, 0.2) is 4.88 Å². The van der Waals surface area contributed by atoms with E-state index in [0.29, 0.717) is 0 Å². The molecule has 60 valence electrons. The smallest absolute Gasteiger partial charge is 0.265 e. The molecular weight excluding hydrogens is 186 g/mol. The van der Waals surface area contributed by atoms with Gasteiger partial charge < -0.3 is 0 Å². The van der Waals surface area contributed by atoms with E-state index >= 15 is 0 Å². The first-order chi connectivity index (χ1) is 4.49. The number of nitrogens with two attached hydrogens (primary N) is 1. The number of nitrogens with one attached hydrogen (secondary N) is 2. The van der Waals surface area contributed by atoms with Gasteiger partial charge in [-0.2, -0.15) is 17.6 Å². The van der Waals surface area contributed by atoms with Crippen LogP contribution in [0.3, 0.4) is 0 Å². The van der Waals surface area contributed by atoms with Crippen molar-refractivity contribution < 1.29 is 16.3 Å². The SMILES string of the molecule is N=NP(NN)OS(=O)(=O)F. The van der Waals surface area contributed by atoms with E-state index in [1.807, 2.05) is 0 Å². The van der Waals surface area contributed by atoms with Crippen LogP contribution < -0.4 is 11.0 Å². The fourth-order valence-electron chi connectivity index (χ4n) is 0.151. The van der Waals surface area contributed by atoms with Crippen molar-refractivity contribution in [3.05, 3.63) is 0 Å². The Hall–Kier alpha value is -0.210. The van der Waals surface area contributed by atoms with Gasteiger partial charge in [0.05, 0.1) is 0 Å². The van der Waals surface area contributed by atoms with Crippen molar-refractivity contribution in [3.63, 3.8) is 0 Å². The second-order valence-corrected chi connectivity index (χ2v) is 3.36. The van der Waals surface area contributed by atoms with Crippen molar-refractivity contribution in [2.24, 2.45) is 10.7 Å². The molecule has 7 nitrogen and oxygen atoms in total. The second-order valence-electron chi connectivity index (χ2n) is 0.970. The summed E-state index contributed by atoms with van der Waals surface area (Å²) in [5.41, 5.74) is 6.20. The van der Waals surface area contributed by atoms with E-state index in [0.717, 1.165) is 0 Å². The van der Waals surface area contributed by atoms with Gasteiger partial charge in [-0.3, -0.25) is 5.84 Å². The first-order valence-corrected chi connectivity index (χ1v) is 4.29. The van der Waals surface area contributed by atoms with E-state index in [1.165, 1.54) is 0 Å². The number of hydrazine groups is 1. The molecule has 0 bridgehead atoms. The highest BCUT2D eigenvalue weighted by Gasteiger charge is 2.16. The Kier molecular flexibility index (Phi) is 3.76. The zero-order valence-electron chi connectivity index (χ0n) is 4.48. The number of halogens is 1. The van der Waals surface area contributed by atoms with Crippen molar-refractivity contribution in [1.29, 1.82) is 5.53 Å². The van der Waals surface area contributed by atoms with Gasteiger partial charge in [-0.1, -0.05) is 3.89 Å². The molecule has 0 spiro atoms. The Morgan fingerprint density at radius 3 is 2.40 bits per heavy atom. The molecule has 0 aromatic rings. The highest BCUT2D eigenvalue weighted by atomic mass is 32.3. The Bertz CT molecular complexity index is 201. The maximum atomic E-state index is 11.5. The van der Waals surface area contributed by atoms with Crippen molar-refractivity contribution in [2.45, 2.75) is 0 Å². The van der Waals surface area contributed by atoms with Crippen molar-refractivity contribution in [1.82, 2.24) is 5.20 Å². The van der Waals surface area contributed by atoms with Gasteiger partial charge in [0, 0.05) is 0 Å². The standard InChI is InChI=1S/FH4N4O3PS/c1-10(6,7)8-9(4-2)5-3/h2,5H,3H2. The van der Waals surface area contributed by atoms with Crippen LogP contribution in [-0.4, -0.2) is 8.42 Å². The lowest BCUT2D eigenvalue weighted by atomic mass is 13.0. The molecule has 0 aliphatic carbocycles. The van der Waals surface area contributed by atoms with E-state index < -0.39 is 19.0 Å². The molecule has 0 rings (SSSR count). The van der Waals surface area contributed by atoms with Crippen molar-refractivity contribution >= 4 is 19.0 Å². The lowest BCUT2D eigenvalue weighted by Gasteiger charge is -2.02. The van der Waals surface area contributed by atoms with Gasteiger partial charge in [0.1, 0.15) is 0 Å². The summed E-state index contributed by atoms with van der Waals surface area (Å²) in [6.45, 7) is 0. The number of hydrogen-bond acceptors (Lipinski definition) is 7. The van der Waals surface area contributed by atoms with Crippen LogP contribution in [0.4, 0.5) is 3.89 Å². The molecule has 0 aliphatic heterocycles. The molecule has 10 heteroatoms. The summed E-state index contributed by atoms with van der Waals surface area (Å²) in [5.74, 6) is 4.60. The number of hydrogen-bond donors (Lipinski definition) is 3. The van der Waals surface area contributed by atoms with Gasteiger partial charge in [0.15, 0.2) is 0 Å².